The largest absolute Gasteiger partial charge is 0.324 e. The number of carbonyl (C=O) groups is 1. The molecular formula is C20H21FN6O2. The van der Waals surface area contributed by atoms with Crippen LogP contribution >= 0.6 is 0 Å². The molecule has 9 heteroatoms. The van der Waals surface area contributed by atoms with Crippen LogP contribution in [-0.4, -0.2) is 45.3 Å². The number of carbonyl (C=O) groups excluding carboxylic acids is 1. The molecule has 29 heavy (non-hydrogen) atoms. The molecule has 0 saturated carbocycles. The number of halogens is 1. The molecule has 0 radical (unpaired) electrons. The highest BCUT2D eigenvalue weighted by atomic mass is 19.1. The van der Waals surface area contributed by atoms with Crippen molar-refractivity contribution in [3.05, 3.63) is 72.0 Å². The Kier molecular flexibility index (Phi) is 6.43. The Morgan fingerprint density at radius 2 is 1.97 bits per heavy atom. The molecule has 1 aromatic carbocycles. The Hall–Kier alpha value is -3.43. The molecule has 0 aliphatic carbocycles. The summed E-state index contributed by atoms with van der Waals surface area (Å²) in [6, 6.07) is 8.48. The van der Waals surface area contributed by atoms with E-state index < -0.39 is 0 Å². The minimum absolute atomic E-state index is 0.137. The number of aliphatic imine (C=N–C) groups is 1. The van der Waals surface area contributed by atoms with Crippen molar-refractivity contribution in [3.63, 3.8) is 0 Å². The van der Waals surface area contributed by atoms with Crippen LogP contribution in [0, 0.1) is 0 Å². The van der Waals surface area contributed by atoms with Crippen molar-refractivity contribution in [3.8, 4) is 0 Å². The van der Waals surface area contributed by atoms with Gasteiger partial charge in [0, 0.05) is 30.7 Å². The normalized spacial score (nSPS) is 19.5. The highest BCUT2D eigenvalue weighted by Crippen LogP contribution is 2.35. The number of hydrogen-bond donors (Lipinski definition) is 3. The van der Waals surface area contributed by atoms with Gasteiger partial charge in [-0.3, -0.25) is 9.79 Å². The van der Waals surface area contributed by atoms with Crippen molar-refractivity contribution >= 4 is 23.8 Å². The zero-order valence-electron chi connectivity index (χ0n) is 16.0. The van der Waals surface area contributed by atoms with Crippen LogP contribution < -0.4 is 10.8 Å². The molecule has 0 saturated heterocycles. The van der Waals surface area contributed by atoms with Gasteiger partial charge in [-0.1, -0.05) is 0 Å². The molecule has 0 bridgehead atoms. The van der Waals surface area contributed by atoms with Crippen molar-refractivity contribution in [2.24, 2.45) is 4.99 Å². The van der Waals surface area contributed by atoms with E-state index in [1.165, 1.54) is 13.1 Å². The minimum atomic E-state index is -0.343. The van der Waals surface area contributed by atoms with Gasteiger partial charge in [-0.05, 0) is 49.4 Å². The smallest absolute Gasteiger partial charge is 0.227 e. The molecule has 4 rings (SSSR count). The Bertz CT molecular complexity index is 958. The van der Waals surface area contributed by atoms with Crippen LogP contribution in [0.25, 0.3) is 0 Å². The lowest BCUT2D eigenvalue weighted by Gasteiger charge is -2.26. The third-order valence-corrected chi connectivity index (χ3v) is 4.31. The SMILES string of the molecule is CC1N=C2C(F)=CC=CN2C1c1ccnc(Nc2ccc(C=O)cc2)n1.CNO. The molecular weight excluding hydrogens is 375 g/mol. The zero-order chi connectivity index (χ0) is 20.8. The van der Waals surface area contributed by atoms with E-state index >= 15 is 0 Å². The van der Waals surface area contributed by atoms with Gasteiger partial charge in [0.1, 0.15) is 6.29 Å². The summed E-state index contributed by atoms with van der Waals surface area (Å²) in [4.78, 5) is 25.8. The standard InChI is InChI=1S/C19H16FN5O.CH5NO/c1-12-17(25-10-2-3-15(20)18(25)22-12)16-8-9-21-19(24-16)23-14-6-4-13(11-26)5-7-14;1-2-3/h2-12,17H,1H3,(H,21,23,24);2-3H,1H3. The maximum absolute atomic E-state index is 14.0. The van der Waals surface area contributed by atoms with Crippen molar-refractivity contribution in [2.45, 2.75) is 19.0 Å². The molecule has 8 nitrogen and oxygen atoms in total. The minimum Gasteiger partial charge on any atom is -0.324 e. The number of rotatable bonds is 4. The number of nitrogens with one attached hydrogen (secondary N) is 2. The van der Waals surface area contributed by atoms with Gasteiger partial charge >= 0.3 is 0 Å². The van der Waals surface area contributed by atoms with Gasteiger partial charge in [0.15, 0.2) is 11.7 Å². The molecule has 0 spiro atoms. The summed E-state index contributed by atoms with van der Waals surface area (Å²) < 4.78 is 14.0. The highest BCUT2D eigenvalue weighted by Gasteiger charge is 2.37. The third-order valence-electron chi connectivity index (χ3n) is 4.31. The van der Waals surface area contributed by atoms with Crippen molar-refractivity contribution in [1.29, 1.82) is 0 Å². The lowest BCUT2D eigenvalue weighted by atomic mass is 10.1. The molecule has 2 aliphatic heterocycles. The Morgan fingerprint density at radius 1 is 1.24 bits per heavy atom. The van der Waals surface area contributed by atoms with E-state index in [2.05, 4.69) is 20.3 Å². The summed E-state index contributed by atoms with van der Waals surface area (Å²) in [6.45, 7) is 1.93. The lowest BCUT2D eigenvalue weighted by molar-refractivity contribution is 0.112. The molecule has 1 aromatic heterocycles. The Morgan fingerprint density at radius 3 is 2.66 bits per heavy atom. The topological polar surface area (TPSA) is 103 Å². The number of aldehydes is 1. The Balaban J connectivity index is 0.000000755. The number of hydrogen-bond acceptors (Lipinski definition) is 8. The number of fused-ring (bicyclic) bond motifs is 1. The van der Waals surface area contributed by atoms with E-state index in [9.17, 15) is 9.18 Å². The number of allylic oxidation sites excluding steroid dienone is 2. The summed E-state index contributed by atoms with van der Waals surface area (Å²) in [5.74, 6) is 0.422. The predicted octanol–water partition coefficient (Wildman–Crippen LogP) is 3.15. The molecule has 2 aliphatic rings. The lowest BCUT2D eigenvalue weighted by Crippen LogP contribution is -2.30. The number of amidine groups is 1. The van der Waals surface area contributed by atoms with Crippen LogP contribution in [0.15, 0.2) is 65.7 Å². The third kappa shape index (κ3) is 4.53. The maximum atomic E-state index is 14.0. The second-order valence-electron chi connectivity index (χ2n) is 6.30. The molecule has 3 N–H and O–H groups in total. The quantitative estimate of drug-likeness (QED) is 0.539. The Labute approximate surface area is 167 Å². The molecule has 2 unspecified atom stereocenters. The number of anilines is 2. The van der Waals surface area contributed by atoms with E-state index in [1.807, 2.05) is 19.2 Å². The number of hydroxylamine groups is 1. The van der Waals surface area contributed by atoms with Crippen LogP contribution in [0.5, 0.6) is 0 Å². The molecule has 0 fully saturated rings. The van der Waals surface area contributed by atoms with Crippen LogP contribution in [-0.2, 0) is 0 Å². The fourth-order valence-electron chi connectivity index (χ4n) is 3.10. The summed E-state index contributed by atoms with van der Waals surface area (Å²) in [6.07, 6.45) is 7.33. The molecule has 150 valence electrons. The van der Waals surface area contributed by atoms with Crippen molar-refractivity contribution in [2.75, 3.05) is 12.4 Å². The number of benzene rings is 1. The molecule has 3 heterocycles. The zero-order valence-corrected chi connectivity index (χ0v) is 16.0. The highest BCUT2D eigenvalue weighted by molar-refractivity contribution is 5.99. The average Bonchev–Trinajstić information content (AvgIpc) is 3.07. The van der Waals surface area contributed by atoms with Crippen molar-refractivity contribution < 1.29 is 14.4 Å². The van der Waals surface area contributed by atoms with E-state index in [0.29, 0.717) is 17.3 Å². The average molecular weight is 396 g/mol. The van der Waals surface area contributed by atoms with Gasteiger partial charge in [-0.25, -0.2) is 19.8 Å². The first-order valence-corrected chi connectivity index (χ1v) is 8.94. The fraction of sp³-hybridized carbons (Fsp3) is 0.200. The van der Waals surface area contributed by atoms with E-state index in [0.717, 1.165) is 17.7 Å². The molecule has 0 amide bonds. The van der Waals surface area contributed by atoms with Crippen LogP contribution in [0.4, 0.5) is 16.0 Å². The summed E-state index contributed by atoms with van der Waals surface area (Å²) in [7, 11) is 1.43. The van der Waals surface area contributed by atoms with Gasteiger partial charge < -0.3 is 15.4 Å². The monoisotopic (exact) mass is 396 g/mol. The summed E-state index contributed by atoms with van der Waals surface area (Å²) in [5, 5.41) is 10.4. The van der Waals surface area contributed by atoms with Crippen LogP contribution in [0.2, 0.25) is 0 Å². The van der Waals surface area contributed by atoms with Crippen LogP contribution in [0.3, 0.4) is 0 Å². The van der Waals surface area contributed by atoms with Gasteiger partial charge in [0.2, 0.25) is 5.95 Å². The maximum Gasteiger partial charge on any atom is 0.227 e. The van der Waals surface area contributed by atoms with E-state index in [-0.39, 0.29) is 17.9 Å². The van der Waals surface area contributed by atoms with Gasteiger partial charge in [-0.15, -0.1) is 0 Å². The second-order valence-corrected chi connectivity index (χ2v) is 6.30. The summed E-state index contributed by atoms with van der Waals surface area (Å²) >= 11 is 0. The number of aromatic nitrogens is 2. The van der Waals surface area contributed by atoms with Gasteiger partial charge in [0.25, 0.3) is 0 Å². The number of nitrogens with zero attached hydrogens (tertiary/aromatic N) is 4. The van der Waals surface area contributed by atoms with Gasteiger partial charge in [-0.2, -0.15) is 0 Å². The second kappa shape index (κ2) is 9.18. The van der Waals surface area contributed by atoms with E-state index in [4.69, 9.17) is 5.21 Å². The first kappa shape index (κ1) is 20.3. The van der Waals surface area contributed by atoms with Gasteiger partial charge in [0.05, 0.1) is 17.8 Å². The predicted molar refractivity (Wildman–Crippen MR) is 108 cm³/mol. The molecule has 2 atom stereocenters. The first-order chi connectivity index (χ1) is 14.1. The summed E-state index contributed by atoms with van der Waals surface area (Å²) in [5.41, 5.74) is 3.87. The van der Waals surface area contributed by atoms with E-state index in [1.54, 1.807) is 46.9 Å². The van der Waals surface area contributed by atoms with Crippen LogP contribution in [0.1, 0.15) is 29.0 Å². The van der Waals surface area contributed by atoms with Crippen molar-refractivity contribution in [1.82, 2.24) is 20.3 Å². The molecule has 2 aromatic rings. The fourth-order valence-corrected chi connectivity index (χ4v) is 3.10. The first-order valence-electron chi connectivity index (χ1n) is 8.94.